The van der Waals surface area contributed by atoms with E-state index < -0.39 is 0 Å². The van der Waals surface area contributed by atoms with E-state index in [4.69, 9.17) is 14.9 Å². The van der Waals surface area contributed by atoms with Gasteiger partial charge in [-0.15, -0.1) is 0 Å². The van der Waals surface area contributed by atoms with Gasteiger partial charge in [-0.2, -0.15) is 0 Å². The van der Waals surface area contributed by atoms with Gasteiger partial charge in [0.1, 0.15) is 0 Å². The Labute approximate surface area is 314 Å². The van der Waals surface area contributed by atoms with Gasteiger partial charge in [-0.3, -0.25) is 4.79 Å². The molecule has 0 radical (unpaired) electrons. The molecule has 0 spiro atoms. The Morgan fingerprint density at radius 2 is 0.875 bits per heavy atom. The van der Waals surface area contributed by atoms with E-state index in [0.717, 1.165) is 90.3 Å². The normalized spacial score (nSPS) is 12.3. The molecule has 48 heavy (non-hydrogen) atoms. The van der Waals surface area contributed by atoms with Crippen LogP contribution in [-0.2, 0) is 30.6 Å². The average Bonchev–Trinajstić information content (AvgIpc) is 3.07. The molecule has 0 saturated carbocycles. The first kappa shape index (κ1) is 52.4. The Bertz CT molecular complexity index is 597. The maximum absolute atomic E-state index is 12.7. The van der Waals surface area contributed by atoms with E-state index in [0.29, 0.717) is 6.61 Å². The zero-order valence-electron chi connectivity index (χ0n) is 32.7. The Balaban J connectivity index is -0.00000101. The van der Waals surface area contributed by atoms with Crippen molar-refractivity contribution in [1.82, 2.24) is 4.90 Å². The number of carbonyl (C=O) groups is 1. The Hall–Kier alpha value is -0.00169. The van der Waals surface area contributed by atoms with Gasteiger partial charge >= 0.3 is 5.97 Å². The summed E-state index contributed by atoms with van der Waals surface area (Å²) in [5.74, 6) is 0.102. The van der Waals surface area contributed by atoms with E-state index in [1.807, 2.05) is 0 Å². The SMILES string of the molecule is CCCCCCCC(CCCCCC)C(=O)OCCCCN(CCCO)CCCCO.CCCCCCCCC(O)CCCCCC.[W]. The van der Waals surface area contributed by atoms with Gasteiger partial charge in [0, 0.05) is 40.8 Å². The van der Waals surface area contributed by atoms with Crippen LogP contribution in [0.2, 0.25) is 0 Å². The van der Waals surface area contributed by atoms with Gasteiger partial charge < -0.3 is 25.0 Å². The fourth-order valence-corrected chi connectivity index (χ4v) is 6.11. The third-order valence-corrected chi connectivity index (χ3v) is 9.31. The number of aliphatic hydroxyl groups excluding tert-OH is 3. The van der Waals surface area contributed by atoms with Crippen molar-refractivity contribution in [1.29, 1.82) is 0 Å². The molecule has 6 nitrogen and oxygen atoms in total. The molecule has 0 saturated heterocycles. The molecule has 0 aliphatic heterocycles. The van der Waals surface area contributed by atoms with Crippen molar-refractivity contribution in [3.8, 4) is 0 Å². The van der Waals surface area contributed by atoms with Crippen molar-refractivity contribution in [3.63, 3.8) is 0 Å². The van der Waals surface area contributed by atoms with Gasteiger partial charge in [0.2, 0.25) is 0 Å². The summed E-state index contributed by atoms with van der Waals surface area (Å²) in [5, 5.41) is 27.8. The summed E-state index contributed by atoms with van der Waals surface area (Å²) in [6.07, 6.45) is 32.6. The fourth-order valence-electron chi connectivity index (χ4n) is 6.11. The molecule has 290 valence electrons. The van der Waals surface area contributed by atoms with Crippen molar-refractivity contribution in [2.45, 2.75) is 214 Å². The van der Waals surface area contributed by atoms with Crippen molar-refractivity contribution < 1.29 is 45.9 Å². The first-order valence-electron chi connectivity index (χ1n) is 20.8. The summed E-state index contributed by atoms with van der Waals surface area (Å²) in [4.78, 5) is 15.0. The van der Waals surface area contributed by atoms with Crippen molar-refractivity contribution in [2.24, 2.45) is 5.92 Å². The summed E-state index contributed by atoms with van der Waals surface area (Å²) in [6, 6.07) is 0. The molecule has 3 N–H and O–H groups in total. The Morgan fingerprint density at radius 3 is 1.33 bits per heavy atom. The van der Waals surface area contributed by atoms with Crippen molar-refractivity contribution in [3.05, 3.63) is 0 Å². The number of carbonyl (C=O) groups excluding carboxylic acids is 1. The molecular weight excluding hydrogens is 770 g/mol. The first-order chi connectivity index (χ1) is 23.0. The second-order valence-corrected chi connectivity index (χ2v) is 14.0. The topological polar surface area (TPSA) is 90.2 Å². The number of rotatable bonds is 36. The molecule has 0 aromatic heterocycles. The van der Waals surface area contributed by atoms with Crippen LogP contribution in [0.5, 0.6) is 0 Å². The van der Waals surface area contributed by atoms with Gasteiger partial charge in [0.15, 0.2) is 0 Å². The number of nitrogens with zero attached hydrogens (tertiary/aromatic N) is 1. The predicted octanol–water partition coefficient (Wildman–Crippen LogP) is 10.8. The fraction of sp³-hybridized carbons (Fsp3) is 0.976. The van der Waals surface area contributed by atoms with E-state index in [2.05, 4.69) is 32.6 Å². The molecule has 0 aromatic rings. The van der Waals surface area contributed by atoms with Gasteiger partial charge in [0.05, 0.1) is 18.6 Å². The van der Waals surface area contributed by atoms with Crippen LogP contribution < -0.4 is 0 Å². The van der Waals surface area contributed by atoms with E-state index in [-0.39, 0.29) is 52.3 Å². The van der Waals surface area contributed by atoms with Crippen LogP contribution in [0.25, 0.3) is 0 Å². The van der Waals surface area contributed by atoms with Crippen molar-refractivity contribution >= 4 is 5.97 Å². The van der Waals surface area contributed by atoms with Gasteiger partial charge in [0.25, 0.3) is 0 Å². The van der Waals surface area contributed by atoms with Gasteiger partial charge in [-0.25, -0.2) is 0 Å². The zero-order valence-corrected chi connectivity index (χ0v) is 35.6. The largest absolute Gasteiger partial charge is 0.465 e. The van der Waals surface area contributed by atoms with Crippen molar-refractivity contribution in [2.75, 3.05) is 39.5 Å². The molecule has 0 heterocycles. The average molecular weight is 856 g/mol. The smallest absolute Gasteiger partial charge is 0.308 e. The monoisotopic (exact) mass is 856 g/mol. The zero-order chi connectivity index (χ0) is 35.1. The van der Waals surface area contributed by atoms with E-state index in [1.54, 1.807) is 0 Å². The van der Waals surface area contributed by atoms with E-state index >= 15 is 0 Å². The number of aliphatic hydroxyl groups is 3. The van der Waals surface area contributed by atoms with Crippen LogP contribution in [0.1, 0.15) is 207 Å². The molecule has 0 aliphatic carbocycles. The molecule has 0 rings (SSSR count). The minimum Gasteiger partial charge on any atom is -0.465 e. The maximum atomic E-state index is 12.7. The number of hydrogen-bond donors (Lipinski definition) is 3. The van der Waals surface area contributed by atoms with Gasteiger partial charge in [-0.05, 0) is 70.9 Å². The number of unbranched alkanes of at least 4 members (excludes halogenated alkanes) is 17. The molecule has 0 aliphatic rings. The van der Waals surface area contributed by atoms with Crippen LogP contribution in [0.3, 0.4) is 0 Å². The second kappa shape index (κ2) is 45.0. The van der Waals surface area contributed by atoms with E-state index in [1.165, 1.54) is 109 Å². The Kier molecular flexibility index (Phi) is 49.1. The van der Waals surface area contributed by atoms with E-state index in [9.17, 15) is 9.90 Å². The summed E-state index contributed by atoms with van der Waals surface area (Å²) in [7, 11) is 0. The summed E-state index contributed by atoms with van der Waals surface area (Å²) >= 11 is 0. The molecule has 2 atom stereocenters. The molecule has 2 unspecified atom stereocenters. The molecular formula is C41H85NO5W. The summed E-state index contributed by atoms with van der Waals surface area (Å²) in [5.41, 5.74) is 0. The second-order valence-electron chi connectivity index (χ2n) is 14.0. The van der Waals surface area contributed by atoms with Gasteiger partial charge in [-0.1, -0.05) is 150 Å². The third-order valence-electron chi connectivity index (χ3n) is 9.31. The molecule has 0 fully saturated rings. The summed E-state index contributed by atoms with van der Waals surface area (Å²) in [6.45, 7) is 12.7. The predicted molar refractivity (Wildman–Crippen MR) is 203 cm³/mol. The maximum Gasteiger partial charge on any atom is 0.308 e. The standard InChI is InChI=1S/C26H53NO4.C15H32O.W/c1-3-5-7-9-11-18-25(17-10-8-6-4-2)26(30)31-24-15-13-20-27(21-16-23-29)19-12-14-22-28;1-3-5-7-9-10-12-14-15(16)13-11-8-6-4-2;/h25,28-29H,3-24H2,1-2H3;15-16H,3-14H2,1-2H3;. The van der Waals surface area contributed by atoms with Crippen LogP contribution >= 0.6 is 0 Å². The number of ether oxygens (including phenoxy) is 1. The molecule has 7 heteroatoms. The molecule has 0 amide bonds. The van der Waals surface area contributed by atoms with Crippen LogP contribution in [0, 0.1) is 5.92 Å². The molecule has 0 bridgehead atoms. The molecule has 0 aromatic carbocycles. The minimum absolute atomic E-state index is 0. The van der Waals surface area contributed by atoms with Crippen LogP contribution in [-0.4, -0.2) is 71.7 Å². The number of hydrogen-bond acceptors (Lipinski definition) is 6. The third kappa shape index (κ3) is 40.4. The number of esters is 1. The van der Waals surface area contributed by atoms with Crippen LogP contribution in [0.4, 0.5) is 0 Å². The first-order valence-corrected chi connectivity index (χ1v) is 20.8. The summed E-state index contributed by atoms with van der Waals surface area (Å²) < 4.78 is 5.67. The Morgan fingerprint density at radius 1 is 0.500 bits per heavy atom. The minimum atomic E-state index is -0.0250. The quantitative estimate of drug-likeness (QED) is 0.0430. The van der Waals surface area contributed by atoms with Crippen LogP contribution in [0.15, 0.2) is 0 Å².